The van der Waals surface area contributed by atoms with Gasteiger partial charge >= 0.3 is 11.9 Å². The smallest absolute Gasteiger partial charge is 0.322 e. The van der Waals surface area contributed by atoms with Crippen LogP contribution in [0.5, 0.6) is 0 Å². The first-order valence-electron chi connectivity index (χ1n) is 5.48. The molecule has 0 unspecified atom stereocenters. The highest BCUT2D eigenvalue weighted by Gasteiger charge is 2.19. The molecule has 0 rings (SSSR count). The molecular weight excluding hydrogens is 276 g/mol. The highest BCUT2D eigenvalue weighted by Crippen LogP contribution is 1.97. The molecule has 8 nitrogen and oxygen atoms in total. The van der Waals surface area contributed by atoms with Crippen molar-refractivity contribution in [3.05, 3.63) is 0 Å². The lowest BCUT2D eigenvalue weighted by atomic mass is 10.2. The molecule has 0 spiro atoms. The van der Waals surface area contributed by atoms with E-state index in [9.17, 15) is 19.2 Å². The van der Waals surface area contributed by atoms with E-state index in [-0.39, 0.29) is 25.0 Å². The minimum Gasteiger partial charge on any atom is -0.481 e. The van der Waals surface area contributed by atoms with Gasteiger partial charge in [-0.1, -0.05) is 0 Å². The van der Waals surface area contributed by atoms with E-state index in [2.05, 4.69) is 23.3 Å². The lowest BCUT2D eigenvalue weighted by Crippen LogP contribution is -2.48. The molecule has 1 atom stereocenters. The summed E-state index contributed by atoms with van der Waals surface area (Å²) in [6.07, 6.45) is 0.00413. The Hall–Kier alpha value is -1.77. The molecule has 0 bridgehead atoms. The van der Waals surface area contributed by atoms with Crippen LogP contribution in [0.15, 0.2) is 0 Å². The molecule has 19 heavy (non-hydrogen) atoms. The van der Waals surface area contributed by atoms with Gasteiger partial charge in [0.25, 0.3) is 0 Å². The predicted octanol–water partition coefficient (Wildman–Crippen LogP) is -1.14. The fourth-order valence-corrected chi connectivity index (χ4v) is 1.40. The number of aliphatic carboxylic acids is 2. The van der Waals surface area contributed by atoms with Gasteiger partial charge in [0.15, 0.2) is 0 Å². The van der Waals surface area contributed by atoms with Crippen LogP contribution in [0.1, 0.15) is 19.3 Å². The van der Waals surface area contributed by atoms with Crippen molar-refractivity contribution in [2.45, 2.75) is 25.3 Å². The number of hydrogen-bond donors (Lipinski definition) is 5. The van der Waals surface area contributed by atoms with Crippen LogP contribution >= 0.6 is 12.6 Å². The molecule has 108 valence electrons. The van der Waals surface area contributed by atoms with Crippen molar-refractivity contribution in [1.82, 2.24) is 10.6 Å². The molecular formula is C10H16N2O6S. The molecule has 0 fully saturated rings. The Labute approximate surface area is 115 Å². The van der Waals surface area contributed by atoms with Gasteiger partial charge in [0.05, 0.1) is 0 Å². The molecule has 0 aliphatic rings. The summed E-state index contributed by atoms with van der Waals surface area (Å²) in [6, 6.07) is -0.944. The van der Waals surface area contributed by atoms with E-state index in [1.54, 1.807) is 0 Å². The summed E-state index contributed by atoms with van der Waals surface area (Å²) in [5, 5.41) is 21.3. The number of thiol groups is 1. The van der Waals surface area contributed by atoms with Crippen molar-refractivity contribution >= 4 is 36.4 Å². The van der Waals surface area contributed by atoms with E-state index in [0.29, 0.717) is 0 Å². The lowest BCUT2D eigenvalue weighted by Gasteiger charge is -2.15. The topological polar surface area (TPSA) is 133 Å². The average molecular weight is 292 g/mol. The zero-order valence-electron chi connectivity index (χ0n) is 10.1. The van der Waals surface area contributed by atoms with Crippen molar-refractivity contribution < 1.29 is 29.4 Å². The average Bonchev–Trinajstić information content (AvgIpc) is 2.32. The summed E-state index contributed by atoms with van der Waals surface area (Å²) in [5.41, 5.74) is 0. The molecule has 0 aromatic rings. The quantitative estimate of drug-likeness (QED) is 0.341. The Bertz CT molecular complexity index is 360. The minimum atomic E-state index is -1.20. The van der Waals surface area contributed by atoms with E-state index < -0.39 is 36.3 Å². The molecule has 2 amide bonds. The summed E-state index contributed by atoms with van der Waals surface area (Å²) in [5.74, 6) is -3.32. The fraction of sp³-hybridized carbons (Fsp3) is 0.600. The Morgan fingerprint density at radius 1 is 1.05 bits per heavy atom. The highest BCUT2D eigenvalue weighted by atomic mass is 32.1. The van der Waals surface area contributed by atoms with Gasteiger partial charge in [0, 0.05) is 18.6 Å². The third kappa shape index (κ3) is 8.89. The normalized spacial score (nSPS) is 11.4. The summed E-state index contributed by atoms with van der Waals surface area (Å²) in [4.78, 5) is 43.4. The van der Waals surface area contributed by atoms with Crippen molar-refractivity contribution in [1.29, 1.82) is 0 Å². The van der Waals surface area contributed by atoms with Gasteiger partial charge in [-0.05, 0) is 6.42 Å². The first-order valence-corrected chi connectivity index (χ1v) is 6.11. The van der Waals surface area contributed by atoms with Crippen molar-refractivity contribution in [2.75, 3.05) is 12.3 Å². The molecule has 9 heteroatoms. The zero-order valence-corrected chi connectivity index (χ0v) is 11.0. The number of carboxylic acids is 2. The number of carbonyl (C=O) groups excluding carboxylic acids is 2. The lowest BCUT2D eigenvalue weighted by molar-refractivity contribution is -0.138. The molecule has 0 aliphatic carbocycles. The van der Waals surface area contributed by atoms with Gasteiger partial charge in [-0.3, -0.25) is 19.2 Å². The van der Waals surface area contributed by atoms with Crippen LogP contribution in [0.4, 0.5) is 0 Å². The van der Waals surface area contributed by atoms with Crippen LogP contribution < -0.4 is 10.6 Å². The third-order valence-corrected chi connectivity index (χ3v) is 2.41. The van der Waals surface area contributed by atoms with Gasteiger partial charge in [0.2, 0.25) is 11.8 Å². The molecule has 0 saturated heterocycles. The monoisotopic (exact) mass is 292 g/mol. The number of rotatable bonds is 9. The van der Waals surface area contributed by atoms with Crippen molar-refractivity contribution in [3.8, 4) is 0 Å². The van der Waals surface area contributed by atoms with E-state index >= 15 is 0 Å². The van der Waals surface area contributed by atoms with E-state index in [1.807, 2.05) is 0 Å². The second-order valence-corrected chi connectivity index (χ2v) is 4.03. The van der Waals surface area contributed by atoms with Crippen LogP contribution in [0.3, 0.4) is 0 Å². The number of hydrogen-bond acceptors (Lipinski definition) is 5. The first-order chi connectivity index (χ1) is 8.86. The van der Waals surface area contributed by atoms with E-state index in [0.717, 1.165) is 0 Å². The van der Waals surface area contributed by atoms with Crippen molar-refractivity contribution in [3.63, 3.8) is 0 Å². The molecule has 0 aliphatic heterocycles. The van der Waals surface area contributed by atoms with Gasteiger partial charge in [0.1, 0.15) is 12.6 Å². The number of carboxylic acid groups (broad SMARTS) is 2. The summed E-state index contributed by atoms with van der Waals surface area (Å²) < 4.78 is 0. The summed E-state index contributed by atoms with van der Waals surface area (Å²) >= 11 is 3.88. The zero-order chi connectivity index (χ0) is 14.8. The maximum absolute atomic E-state index is 11.5. The maximum Gasteiger partial charge on any atom is 0.322 e. The van der Waals surface area contributed by atoms with Crippen LogP contribution in [0, 0.1) is 0 Å². The standard InChI is InChI=1S/C10H16N2O6S/c13-7(2-1-3-8(14)15)12-6(5-19)10(18)11-4-9(16)17/h6,19H,1-5H2,(H,11,18)(H,12,13)(H,14,15)(H,16,17)/t6-/m1/s1. The molecule has 4 N–H and O–H groups in total. The Kier molecular flexibility index (Phi) is 8.34. The van der Waals surface area contributed by atoms with E-state index in [4.69, 9.17) is 10.2 Å². The van der Waals surface area contributed by atoms with Gasteiger partial charge < -0.3 is 20.8 Å². The Balaban J connectivity index is 4.09. The van der Waals surface area contributed by atoms with Gasteiger partial charge in [-0.25, -0.2) is 0 Å². The first kappa shape index (κ1) is 17.2. The fourth-order valence-electron chi connectivity index (χ4n) is 1.15. The minimum absolute atomic E-state index is 0.0100. The van der Waals surface area contributed by atoms with Gasteiger partial charge in [-0.2, -0.15) is 12.6 Å². The summed E-state index contributed by atoms with van der Waals surface area (Å²) in [7, 11) is 0. The Morgan fingerprint density at radius 2 is 1.68 bits per heavy atom. The second kappa shape index (κ2) is 9.20. The molecule has 0 radical (unpaired) electrons. The number of carbonyl (C=O) groups is 4. The number of amides is 2. The molecule has 0 heterocycles. The van der Waals surface area contributed by atoms with Crippen LogP contribution in [-0.2, 0) is 19.2 Å². The Morgan fingerprint density at radius 3 is 2.16 bits per heavy atom. The maximum atomic E-state index is 11.5. The van der Waals surface area contributed by atoms with Crippen molar-refractivity contribution in [2.24, 2.45) is 0 Å². The summed E-state index contributed by atoms with van der Waals surface area (Å²) in [6.45, 7) is -0.544. The van der Waals surface area contributed by atoms with Crippen LogP contribution in [-0.4, -0.2) is 52.3 Å². The second-order valence-electron chi connectivity index (χ2n) is 3.66. The molecule has 0 aromatic carbocycles. The largest absolute Gasteiger partial charge is 0.481 e. The SMILES string of the molecule is O=C(O)CCCC(=O)N[C@H](CS)C(=O)NCC(=O)O. The van der Waals surface area contributed by atoms with E-state index in [1.165, 1.54) is 0 Å². The van der Waals surface area contributed by atoms with Crippen LogP contribution in [0.2, 0.25) is 0 Å². The molecule has 0 saturated carbocycles. The highest BCUT2D eigenvalue weighted by molar-refractivity contribution is 7.80. The predicted molar refractivity (Wildman–Crippen MR) is 67.9 cm³/mol. The molecule has 0 aromatic heterocycles. The van der Waals surface area contributed by atoms with Crippen LogP contribution in [0.25, 0.3) is 0 Å². The third-order valence-electron chi connectivity index (χ3n) is 2.04. The number of nitrogens with one attached hydrogen (secondary N) is 2. The van der Waals surface area contributed by atoms with Gasteiger partial charge in [-0.15, -0.1) is 0 Å².